The summed E-state index contributed by atoms with van der Waals surface area (Å²) >= 11 is 0. The van der Waals surface area contributed by atoms with E-state index in [9.17, 15) is 9.18 Å². The molecule has 1 atom stereocenters. The van der Waals surface area contributed by atoms with Gasteiger partial charge in [0.25, 0.3) is 0 Å². The molecule has 0 spiro atoms. The molecule has 0 aliphatic heterocycles. The summed E-state index contributed by atoms with van der Waals surface area (Å²) in [6.45, 7) is 4.19. The zero-order chi connectivity index (χ0) is 15.4. The van der Waals surface area contributed by atoms with E-state index in [1.807, 2.05) is 25.1 Å². The van der Waals surface area contributed by atoms with Gasteiger partial charge in [0.2, 0.25) is 5.91 Å². The highest BCUT2D eigenvalue weighted by molar-refractivity contribution is 5.94. The van der Waals surface area contributed by atoms with Crippen molar-refractivity contribution in [1.82, 2.24) is 5.32 Å². The lowest BCUT2D eigenvalue weighted by Gasteiger charge is -2.16. The van der Waals surface area contributed by atoms with Crippen molar-refractivity contribution in [2.45, 2.75) is 26.4 Å². The van der Waals surface area contributed by atoms with Crippen molar-refractivity contribution in [2.24, 2.45) is 5.73 Å². The normalized spacial score (nSPS) is 12.1. The van der Waals surface area contributed by atoms with Crippen LogP contribution in [-0.4, -0.2) is 5.91 Å². The van der Waals surface area contributed by atoms with E-state index in [2.05, 4.69) is 5.32 Å². The van der Waals surface area contributed by atoms with E-state index in [1.165, 1.54) is 6.07 Å². The Kier molecular flexibility index (Phi) is 4.70. The van der Waals surface area contributed by atoms with Gasteiger partial charge in [-0.05, 0) is 42.7 Å². The molecule has 1 amide bonds. The third-order valence-electron chi connectivity index (χ3n) is 3.58. The third-order valence-corrected chi connectivity index (χ3v) is 3.58. The summed E-state index contributed by atoms with van der Waals surface area (Å²) < 4.78 is 13.6. The number of hydrogen-bond donors (Lipinski definition) is 2. The second kappa shape index (κ2) is 6.50. The van der Waals surface area contributed by atoms with Crippen LogP contribution < -0.4 is 11.1 Å². The molecule has 2 aromatic rings. The van der Waals surface area contributed by atoms with Crippen LogP contribution in [0.1, 0.15) is 40.0 Å². The molecule has 4 heteroatoms. The Bertz CT molecular complexity index is 655. The molecule has 1 unspecified atom stereocenters. The number of rotatable bonds is 5. The van der Waals surface area contributed by atoms with Crippen LogP contribution in [0.4, 0.5) is 4.39 Å². The standard InChI is InChI=1S/C17H19FN2O/c1-11-7-8-13(9-16(11)18)12(2)20-10-14-5-3-4-6-15(14)17(19)21/h3-9,12,20H,10H2,1-2H3,(H2,19,21). The predicted molar refractivity (Wildman–Crippen MR) is 81.4 cm³/mol. The zero-order valence-corrected chi connectivity index (χ0v) is 12.2. The SMILES string of the molecule is Cc1ccc(C(C)NCc2ccccc2C(N)=O)cc1F. The van der Waals surface area contributed by atoms with E-state index in [4.69, 9.17) is 5.73 Å². The second-order valence-corrected chi connectivity index (χ2v) is 5.13. The first kappa shape index (κ1) is 15.2. The van der Waals surface area contributed by atoms with Crippen molar-refractivity contribution in [2.75, 3.05) is 0 Å². The van der Waals surface area contributed by atoms with Gasteiger partial charge in [-0.25, -0.2) is 4.39 Å². The smallest absolute Gasteiger partial charge is 0.249 e. The number of nitrogens with two attached hydrogens (primary N) is 1. The Hall–Kier alpha value is -2.20. The molecule has 2 aromatic carbocycles. The van der Waals surface area contributed by atoms with Gasteiger partial charge in [-0.3, -0.25) is 4.79 Å². The Labute approximate surface area is 124 Å². The van der Waals surface area contributed by atoms with Gasteiger partial charge in [0.1, 0.15) is 5.82 Å². The fourth-order valence-electron chi connectivity index (χ4n) is 2.17. The summed E-state index contributed by atoms with van der Waals surface area (Å²) in [7, 11) is 0. The van der Waals surface area contributed by atoms with E-state index in [0.717, 1.165) is 11.1 Å². The largest absolute Gasteiger partial charge is 0.366 e. The molecule has 0 radical (unpaired) electrons. The average molecular weight is 286 g/mol. The van der Waals surface area contributed by atoms with E-state index < -0.39 is 5.91 Å². The molecule has 0 aliphatic rings. The Morgan fingerprint density at radius 2 is 2.00 bits per heavy atom. The van der Waals surface area contributed by atoms with Crippen molar-refractivity contribution < 1.29 is 9.18 Å². The third kappa shape index (κ3) is 3.67. The van der Waals surface area contributed by atoms with Gasteiger partial charge >= 0.3 is 0 Å². The molecule has 0 aliphatic carbocycles. The number of carbonyl (C=O) groups is 1. The fourth-order valence-corrected chi connectivity index (χ4v) is 2.17. The summed E-state index contributed by atoms with van der Waals surface area (Å²) in [6.07, 6.45) is 0. The summed E-state index contributed by atoms with van der Waals surface area (Å²) in [6, 6.07) is 12.4. The molecular formula is C17H19FN2O. The van der Waals surface area contributed by atoms with Crippen LogP contribution in [0.5, 0.6) is 0 Å². The number of benzene rings is 2. The first-order valence-corrected chi connectivity index (χ1v) is 6.86. The molecule has 0 bridgehead atoms. The van der Waals surface area contributed by atoms with Crippen molar-refractivity contribution in [3.63, 3.8) is 0 Å². The molecule has 0 saturated heterocycles. The minimum atomic E-state index is -0.443. The Morgan fingerprint density at radius 3 is 2.67 bits per heavy atom. The quantitative estimate of drug-likeness (QED) is 0.887. The van der Waals surface area contributed by atoms with Gasteiger partial charge in [-0.1, -0.05) is 30.3 Å². The number of aryl methyl sites for hydroxylation is 1. The van der Waals surface area contributed by atoms with Crippen molar-refractivity contribution >= 4 is 5.91 Å². The fraction of sp³-hybridized carbons (Fsp3) is 0.235. The maximum Gasteiger partial charge on any atom is 0.249 e. The van der Waals surface area contributed by atoms with E-state index in [1.54, 1.807) is 25.1 Å². The van der Waals surface area contributed by atoms with E-state index in [-0.39, 0.29) is 11.9 Å². The first-order valence-electron chi connectivity index (χ1n) is 6.86. The van der Waals surface area contributed by atoms with Gasteiger partial charge in [0.15, 0.2) is 0 Å². The van der Waals surface area contributed by atoms with Gasteiger partial charge in [-0.15, -0.1) is 0 Å². The van der Waals surface area contributed by atoms with Gasteiger partial charge in [-0.2, -0.15) is 0 Å². The van der Waals surface area contributed by atoms with Gasteiger partial charge < -0.3 is 11.1 Å². The second-order valence-electron chi connectivity index (χ2n) is 5.13. The number of carbonyl (C=O) groups excluding carboxylic acids is 1. The lowest BCUT2D eigenvalue weighted by atomic mass is 10.0. The number of primary amides is 1. The van der Waals surface area contributed by atoms with Crippen molar-refractivity contribution in [3.8, 4) is 0 Å². The molecule has 2 rings (SSSR count). The average Bonchev–Trinajstić information content (AvgIpc) is 2.47. The van der Waals surface area contributed by atoms with Crippen molar-refractivity contribution in [3.05, 3.63) is 70.5 Å². The van der Waals surface area contributed by atoms with Crippen LogP contribution in [0.2, 0.25) is 0 Å². The summed E-state index contributed by atoms with van der Waals surface area (Å²) in [4.78, 5) is 11.4. The zero-order valence-electron chi connectivity index (χ0n) is 12.2. The van der Waals surface area contributed by atoms with Crippen LogP contribution in [0.15, 0.2) is 42.5 Å². The Balaban J connectivity index is 2.09. The van der Waals surface area contributed by atoms with Crippen LogP contribution in [0, 0.1) is 12.7 Å². The molecule has 110 valence electrons. The van der Waals surface area contributed by atoms with Gasteiger partial charge in [0.05, 0.1) is 0 Å². The van der Waals surface area contributed by atoms with Crippen LogP contribution in [-0.2, 0) is 6.54 Å². The number of nitrogens with one attached hydrogen (secondary N) is 1. The molecule has 0 fully saturated rings. The highest BCUT2D eigenvalue weighted by atomic mass is 19.1. The molecule has 3 N–H and O–H groups in total. The topological polar surface area (TPSA) is 55.1 Å². The van der Waals surface area contributed by atoms with Crippen LogP contribution in [0.25, 0.3) is 0 Å². The first-order chi connectivity index (χ1) is 9.99. The number of halogens is 1. The summed E-state index contributed by atoms with van der Waals surface area (Å²) in [5, 5.41) is 3.28. The molecule has 3 nitrogen and oxygen atoms in total. The van der Waals surface area contributed by atoms with Crippen LogP contribution in [0.3, 0.4) is 0 Å². The van der Waals surface area contributed by atoms with Crippen LogP contribution >= 0.6 is 0 Å². The lowest BCUT2D eigenvalue weighted by Crippen LogP contribution is -2.21. The van der Waals surface area contributed by atoms with Crippen molar-refractivity contribution in [1.29, 1.82) is 0 Å². The molecule has 21 heavy (non-hydrogen) atoms. The highest BCUT2D eigenvalue weighted by Crippen LogP contribution is 2.17. The summed E-state index contributed by atoms with van der Waals surface area (Å²) in [5.74, 6) is -0.653. The molecule has 0 saturated carbocycles. The maximum atomic E-state index is 13.6. The molecule has 0 heterocycles. The lowest BCUT2D eigenvalue weighted by molar-refractivity contribution is 0.0999. The monoisotopic (exact) mass is 286 g/mol. The van der Waals surface area contributed by atoms with E-state index in [0.29, 0.717) is 17.7 Å². The maximum absolute atomic E-state index is 13.6. The number of amides is 1. The predicted octanol–water partition coefficient (Wildman–Crippen LogP) is 3.08. The molecular weight excluding hydrogens is 267 g/mol. The highest BCUT2D eigenvalue weighted by Gasteiger charge is 2.10. The summed E-state index contributed by atoms with van der Waals surface area (Å²) in [5.41, 5.74) is 8.20. The minimum absolute atomic E-state index is 0.0268. The number of hydrogen-bond acceptors (Lipinski definition) is 2. The van der Waals surface area contributed by atoms with Gasteiger partial charge in [0, 0.05) is 18.2 Å². The Morgan fingerprint density at radius 1 is 1.29 bits per heavy atom. The van der Waals surface area contributed by atoms with E-state index >= 15 is 0 Å². The molecule has 0 aromatic heterocycles. The minimum Gasteiger partial charge on any atom is -0.366 e.